The van der Waals surface area contributed by atoms with Crippen molar-refractivity contribution in [3.05, 3.63) is 77.1 Å². The molecule has 0 aliphatic carbocycles. The molecule has 138 valence electrons. The number of hydrogen-bond donors (Lipinski definition) is 0. The van der Waals surface area contributed by atoms with E-state index in [1.165, 1.54) is 7.11 Å². The summed E-state index contributed by atoms with van der Waals surface area (Å²) in [5.74, 6) is -0.453. The average molecular weight is 364 g/mol. The Balaban J connectivity index is 1.73. The maximum Gasteiger partial charge on any atom is 0.337 e. The van der Waals surface area contributed by atoms with Gasteiger partial charge in [0.2, 0.25) is 0 Å². The molecule has 1 heterocycles. The van der Waals surface area contributed by atoms with Gasteiger partial charge < -0.3 is 9.47 Å². The third-order valence-electron chi connectivity index (χ3n) is 4.27. The monoisotopic (exact) mass is 364 g/mol. The number of methoxy groups -OCH3 is 1. The molecule has 0 radical (unpaired) electrons. The van der Waals surface area contributed by atoms with E-state index in [4.69, 9.17) is 4.74 Å². The largest absolute Gasteiger partial charge is 0.465 e. The highest BCUT2D eigenvalue weighted by molar-refractivity contribution is 5.89. The first-order valence-electron chi connectivity index (χ1n) is 8.49. The van der Waals surface area contributed by atoms with E-state index in [-0.39, 0.29) is 12.4 Å². The number of aromatic nitrogens is 2. The van der Waals surface area contributed by atoms with Gasteiger partial charge >= 0.3 is 11.9 Å². The number of benzene rings is 2. The summed E-state index contributed by atoms with van der Waals surface area (Å²) in [5.41, 5.74) is 3.87. The summed E-state index contributed by atoms with van der Waals surface area (Å²) in [6.07, 6.45) is 0.114. The Hall–Kier alpha value is -3.41. The van der Waals surface area contributed by atoms with Gasteiger partial charge in [-0.3, -0.25) is 4.79 Å². The van der Waals surface area contributed by atoms with Crippen molar-refractivity contribution in [3.8, 4) is 11.4 Å². The Morgan fingerprint density at radius 2 is 1.67 bits per heavy atom. The van der Waals surface area contributed by atoms with Gasteiger partial charge in [-0.2, -0.15) is 5.10 Å². The fraction of sp³-hybridized carbons (Fsp3) is 0.190. The second-order valence-electron chi connectivity index (χ2n) is 6.06. The molecule has 0 spiro atoms. The maximum atomic E-state index is 12.4. The second kappa shape index (κ2) is 7.86. The summed E-state index contributed by atoms with van der Waals surface area (Å²) in [6.45, 7) is 3.81. The number of ether oxygens (including phenoxy) is 2. The number of esters is 2. The number of aryl methyl sites for hydroxylation is 1. The van der Waals surface area contributed by atoms with Crippen LogP contribution in [0.3, 0.4) is 0 Å². The maximum absolute atomic E-state index is 12.4. The van der Waals surface area contributed by atoms with Gasteiger partial charge in [0.25, 0.3) is 0 Å². The van der Waals surface area contributed by atoms with Crippen LogP contribution in [-0.2, 0) is 16.0 Å². The molecule has 6 heteroatoms. The quantitative estimate of drug-likeness (QED) is 0.512. The van der Waals surface area contributed by atoms with Crippen LogP contribution in [0.25, 0.3) is 5.69 Å². The summed E-state index contributed by atoms with van der Waals surface area (Å²) in [5, 5.41) is 4.54. The molecule has 2 aromatic carbocycles. The van der Waals surface area contributed by atoms with Gasteiger partial charge in [0.15, 0.2) is 0 Å². The number of rotatable bonds is 5. The Kier molecular flexibility index (Phi) is 5.35. The molecule has 0 unspecified atom stereocenters. The van der Waals surface area contributed by atoms with E-state index < -0.39 is 5.97 Å². The van der Waals surface area contributed by atoms with Crippen LogP contribution in [0.5, 0.6) is 5.75 Å². The smallest absolute Gasteiger partial charge is 0.337 e. The lowest BCUT2D eigenvalue weighted by atomic mass is 10.1. The van der Waals surface area contributed by atoms with Crippen LogP contribution in [0.4, 0.5) is 0 Å². The van der Waals surface area contributed by atoms with Crippen LogP contribution in [0, 0.1) is 13.8 Å². The summed E-state index contributed by atoms with van der Waals surface area (Å²) in [4.78, 5) is 23.8. The fourth-order valence-electron chi connectivity index (χ4n) is 2.84. The van der Waals surface area contributed by atoms with Crippen LogP contribution in [0.1, 0.15) is 27.3 Å². The number of carbonyl (C=O) groups excluding carboxylic acids is 2. The Bertz CT molecular complexity index is 960. The molecule has 6 nitrogen and oxygen atoms in total. The van der Waals surface area contributed by atoms with Crippen molar-refractivity contribution >= 4 is 11.9 Å². The first-order valence-corrected chi connectivity index (χ1v) is 8.49. The minimum Gasteiger partial charge on any atom is -0.465 e. The standard InChI is InChI=1S/C21H20N2O4/c1-14-19(15(2)23(22-14)17-7-5-4-6-8-17)13-20(24)27-18-11-9-16(10-12-18)21(25)26-3/h4-12H,13H2,1-3H3. The minimum absolute atomic E-state index is 0.114. The normalized spacial score (nSPS) is 10.5. The van der Waals surface area contributed by atoms with Gasteiger partial charge in [0, 0.05) is 11.3 Å². The number of para-hydroxylation sites is 1. The first-order chi connectivity index (χ1) is 13.0. The lowest BCUT2D eigenvalue weighted by molar-refractivity contribution is -0.133. The van der Waals surface area contributed by atoms with E-state index in [9.17, 15) is 9.59 Å². The molecule has 3 aromatic rings. The molecular formula is C21H20N2O4. The SMILES string of the molecule is COC(=O)c1ccc(OC(=O)Cc2c(C)nn(-c3ccccc3)c2C)cc1. The molecule has 0 aliphatic rings. The van der Waals surface area contributed by atoms with E-state index in [1.807, 2.05) is 48.9 Å². The highest BCUT2D eigenvalue weighted by Crippen LogP contribution is 2.20. The van der Waals surface area contributed by atoms with Crippen molar-refractivity contribution in [2.24, 2.45) is 0 Å². The van der Waals surface area contributed by atoms with Crippen molar-refractivity contribution in [2.45, 2.75) is 20.3 Å². The molecule has 0 amide bonds. The van der Waals surface area contributed by atoms with Crippen molar-refractivity contribution in [2.75, 3.05) is 7.11 Å². The van der Waals surface area contributed by atoms with Crippen LogP contribution in [0.15, 0.2) is 54.6 Å². The lowest BCUT2D eigenvalue weighted by Gasteiger charge is -2.07. The van der Waals surface area contributed by atoms with Crippen LogP contribution in [0.2, 0.25) is 0 Å². The summed E-state index contributed by atoms with van der Waals surface area (Å²) < 4.78 is 11.9. The number of hydrogen-bond acceptors (Lipinski definition) is 5. The first kappa shape index (κ1) is 18.4. The third kappa shape index (κ3) is 4.06. The van der Waals surface area contributed by atoms with Gasteiger partial charge in [-0.25, -0.2) is 9.48 Å². The van der Waals surface area contributed by atoms with E-state index in [2.05, 4.69) is 9.84 Å². The zero-order chi connectivity index (χ0) is 19.4. The summed E-state index contributed by atoms with van der Waals surface area (Å²) >= 11 is 0. The van der Waals surface area contributed by atoms with Crippen molar-refractivity contribution in [3.63, 3.8) is 0 Å². The predicted molar refractivity (Wildman–Crippen MR) is 100 cm³/mol. The van der Waals surface area contributed by atoms with E-state index in [1.54, 1.807) is 24.3 Å². The topological polar surface area (TPSA) is 70.4 Å². The van der Waals surface area contributed by atoms with Gasteiger partial charge in [-0.05, 0) is 50.2 Å². The molecule has 0 atom stereocenters. The highest BCUT2D eigenvalue weighted by Gasteiger charge is 2.17. The Labute approximate surface area is 157 Å². The minimum atomic E-state index is -0.438. The summed E-state index contributed by atoms with van der Waals surface area (Å²) in [7, 11) is 1.32. The molecular weight excluding hydrogens is 344 g/mol. The molecule has 0 fully saturated rings. The van der Waals surface area contributed by atoms with E-state index in [0.717, 1.165) is 22.6 Å². The number of carbonyl (C=O) groups is 2. The van der Waals surface area contributed by atoms with Gasteiger partial charge in [0.05, 0.1) is 30.5 Å². The average Bonchev–Trinajstić information content (AvgIpc) is 2.97. The summed E-state index contributed by atoms with van der Waals surface area (Å²) in [6, 6.07) is 16.0. The third-order valence-corrected chi connectivity index (χ3v) is 4.27. The molecule has 0 N–H and O–H groups in total. The second-order valence-corrected chi connectivity index (χ2v) is 6.06. The number of nitrogens with zero attached hydrogens (tertiary/aromatic N) is 2. The molecule has 0 saturated heterocycles. The lowest BCUT2D eigenvalue weighted by Crippen LogP contribution is -2.12. The van der Waals surface area contributed by atoms with Gasteiger partial charge in [-0.1, -0.05) is 18.2 Å². The predicted octanol–water partition coefficient (Wildman–Crippen LogP) is 3.42. The van der Waals surface area contributed by atoms with Gasteiger partial charge in [-0.15, -0.1) is 0 Å². The van der Waals surface area contributed by atoms with Crippen molar-refractivity contribution < 1.29 is 19.1 Å². The zero-order valence-electron chi connectivity index (χ0n) is 15.4. The van der Waals surface area contributed by atoms with Crippen LogP contribution >= 0.6 is 0 Å². The fourth-order valence-corrected chi connectivity index (χ4v) is 2.84. The van der Waals surface area contributed by atoms with E-state index in [0.29, 0.717) is 11.3 Å². The molecule has 27 heavy (non-hydrogen) atoms. The molecule has 1 aromatic heterocycles. The Morgan fingerprint density at radius 1 is 1.00 bits per heavy atom. The molecule has 3 rings (SSSR count). The zero-order valence-corrected chi connectivity index (χ0v) is 15.4. The van der Waals surface area contributed by atoms with Crippen LogP contribution < -0.4 is 4.74 Å². The van der Waals surface area contributed by atoms with Crippen LogP contribution in [-0.4, -0.2) is 28.8 Å². The van der Waals surface area contributed by atoms with Crippen molar-refractivity contribution in [1.82, 2.24) is 9.78 Å². The van der Waals surface area contributed by atoms with Crippen molar-refractivity contribution in [1.29, 1.82) is 0 Å². The van der Waals surface area contributed by atoms with Gasteiger partial charge in [0.1, 0.15) is 5.75 Å². The Morgan fingerprint density at radius 3 is 2.30 bits per heavy atom. The molecule has 0 saturated carbocycles. The molecule has 0 bridgehead atoms. The van der Waals surface area contributed by atoms with E-state index >= 15 is 0 Å². The highest BCUT2D eigenvalue weighted by atomic mass is 16.5. The molecule has 0 aliphatic heterocycles.